The molecule has 7 heteroatoms. The number of hydrogen-bond donors (Lipinski definition) is 1. The quantitative estimate of drug-likeness (QED) is 0.716. The van der Waals surface area contributed by atoms with Crippen LogP contribution in [0.4, 0.5) is 5.69 Å². The van der Waals surface area contributed by atoms with Gasteiger partial charge in [-0.15, -0.1) is 0 Å². The van der Waals surface area contributed by atoms with E-state index in [-0.39, 0.29) is 0 Å². The summed E-state index contributed by atoms with van der Waals surface area (Å²) in [5, 5.41) is 3.84. The molecule has 0 aliphatic carbocycles. The number of aromatic nitrogens is 5. The summed E-state index contributed by atoms with van der Waals surface area (Å²) in [7, 11) is 0. The maximum absolute atomic E-state index is 5.55. The van der Waals surface area contributed by atoms with E-state index < -0.39 is 0 Å². The van der Waals surface area contributed by atoms with Crippen LogP contribution in [-0.2, 0) is 0 Å². The SMILES string of the molecule is Nc1ccc(-c2nc(-c3ccncn3)no2)nc1. The maximum Gasteiger partial charge on any atom is 0.276 e. The fourth-order valence-corrected chi connectivity index (χ4v) is 1.39. The lowest BCUT2D eigenvalue weighted by Crippen LogP contribution is -1.89. The van der Waals surface area contributed by atoms with Gasteiger partial charge < -0.3 is 10.3 Å². The summed E-state index contributed by atoms with van der Waals surface area (Å²) in [4.78, 5) is 16.2. The summed E-state index contributed by atoms with van der Waals surface area (Å²) in [6.07, 6.45) is 4.57. The molecule has 2 N–H and O–H groups in total. The van der Waals surface area contributed by atoms with Crippen LogP contribution in [0.2, 0.25) is 0 Å². The summed E-state index contributed by atoms with van der Waals surface area (Å²) >= 11 is 0. The molecule has 3 heterocycles. The first-order chi connectivity index (χ1) is 8.83. The lowest BCUT2D eigenvalue weighted by atomic mass is 10.3. The van der Waals surface area contributed by atoms with Crippen LogP contribution in [0.3, 0.4) is 0 Å². The van der Waals surface area contributed by atoms with E-state index in [0.717, 1.165) is 0 Å². The van der Waals surface area contributed by atoms with E-state index in [1.165, 1.54) is 12.5 Å². The summed E-state index contributed by atoms with van der Waals surface area (Å²) in [6.45, 7) is 0. The molecule has 0 bridgehead atoms. The number of pyridine rings is 1. The van der Waals surface area contributed by atoms with Gasteiger partial charge in [0.1, 0.15) is 17.7 Å². The molecule has 0 aliphatic rings. The number of nitrogens with two attached hydrogens (primary N) is 1. The Morgan fingerprint density at radius 1 is 1.06 bits per heavy atom. The zero-order valence-corrected chi connectivity index (χ0v) is 9.19. The molecule has 3 aromatic heterocycles. The third-order valence-corrected chi connectivity index (χ3v) is 2.24. The first kappa shape index (κ1) is 10.3. The smallest absolute Gasteiger partial charge is 0.276 e. The van der Waals surface area contributed by atoms with E-state index in [2.05, 4.69) is 25.1 Å². The molecule has 7 nitrogen and oxygen atoms in total. The van der Waals surface area contributed by atoms with Gasteiger partial charge >= 0.3 is 0 Å². The Labute approximate surface area is 102 Å². The van der Waals surface area contributed by atoms with Crippen molar-refractivity contribution < 1.29 is 4.52 Å². The van der Waals surface area contributed by atoms with Gasteiger partial charge in [-0.2, -0.15) is 4.98 Å². The molecule has 3 rings (SSSR count). The van der Waals surface area contributed by atoms with E-state index in [9.17, 15) is 0 Å². The molecular formula is C11H8N6O. The molecular weight excluding hydrogens is 232 g/mol. The van der Waals surface area contributed by atoms with Crippen molar-refractivity contribution in [1.82, 2.24) is 25.1 Å². The first-order valence-electron chi connectivity index (χ1n) is 5.15. The Balaban J connectivity index is 1.97. The molecule has 0 spiro atoms. The third-order valence-electron chi connectivity index (χ3n) is 2.24. The first-order valence-corrected chi connectivity index (χ1v) is 5.15. The van der Waals surface area contributed by atoms with E-state index in [4.69, 9.17) is 10.3 Å². The summed E-state index contributed by atoms with van der Waals surface area (Å²) in [5.74, 6) is 0.717. The van der Waals surface area contributed by atoms with Crippen molar-refractivity contribution in [2.45, 2.75) is 0 Å². The highest BCUT2D eigenvalue weighted by Gasteiger charge is 2.11. The number of nitrogens with zero attached hydrogens (tertiary/aromatic N) is 5. The van der Waals surface area contributed by atoms with Gasteiger partial charge in [0.25, 0.3) is 5.89 Å². The minimum Gasteiger partial charge on any atom is -0.397 e. The molecule has 88 valence electrons. The van der Waals surface area contributed by atoms with Crippen LogP contribution >= 0.6 is 0 Å². The second kappa shape index (κ2) is 4.21. The Morgan fingerprint density at radius 2 is 2.00 bits per heavy atom. The highest BCUT2D eigenvalue weighted by atomic mass is 16.5. The predicted molar refractivity (Wildman–Crippen MR) is 63.0 cm³/mol. The second-order valence-corrected chi connectivity index (χ2v) is 3.49. The normalized spacial score (nSPS) is 10.4. The summed E-state index contributed by atoms with van der Waals surface area (Å²) in [6, 6.07) is 5.13. The van der Waals surface area contributed by atoms with Crippen LogP contribution in [-0.4, -0.2) is 25.1 Å². The monoisotopic (exact) mass is 240 g/mol. The maximum atomic E-state index is 5.55. The summed E-state index contributed by atoms with van der Waals surface area (Å²) < 4.78 is 5.12. The Hall–Kier alpha value is -2.83. The third kappa shape index (κ3) is 1.88. The molecule has 0 radical (unpaired) electrons. The van der Waals surface area contributed by atoms with Crippen molar-refractivity contribution in [2.24, 2.45) is 0 Å². The van der Waals surface area contributed by atoms with Crippen molar-refractivity contribution in [1.29, 1.82) is 0 Å². The van der Waals surface area contributed by atoms with Gasteiger partial charge in [-0.25, -0.2) is 15.0 Å². The van der Waals surface area contributed by atoms with Gasteiger partial charge in [0, 0.05) is 6.20 Å². The number of anilines is 1. The molecule has 3 aromatic rings. The Bertz CT molecular complexity index is 649. The Kier molecular flexibility index (Phi) is 2.41. The predicted octanol–water partition coefficient (Wildman–Crippen LogP) is 1.17. The number of rotatable bonds is 2. The van der Waals surface area contributed by atoms with Crippen molar-refractivity contribution in [3.8, 4) is 23.1 Å². The molecule has 0 fully saturated rings. The van der Waals surface area contributed by atoms with Gasteiger partial charge in [-0.1, -0.05) is 5.16 Å². The summed E-state index contributed by atoms with van der Waals surface area (Å²) in [5.41, 5.74) is 7.29. The van der Waals surface area contributed by atoms with Gasteiger partial charge in [0.15, 0.2) is 0 Å². The number of nitrogen functional groups attached to an aromatic ring is 1. The van der Waals surface area contributed by atoms with Crippen LogP contribution < -0.4 is 5.73 Å². The van der Waals surface area contributed by atoms with Gasteiger partial charge in [0.05, 0.1) is 11.9 Å². The molecule has 0 unspecified atom stereocenters. The Morgan fingerprint density at radius 3 is 2.72 bits per heavy atom. The molecule has 0 aliphatic heterocycles. The minimum absolute atomic E-state index is 0.323. The average molecular weight is 240 g/mol. The standard InChI is InChI=1S/C11H8N6O/c12-7-1-2-9(14-5-7)11-16-10(17-18-11)8-3-4-13-6-15-8/h1-6H,12H2. The van der Waals surface area contributed by atoms with E-state index in [1.807, 2.05) is 0 Å². The number of hydrogen-bond acceptors (Lipinski definition) is 7. The van der Waals surface area contributed by atoms with Crippen LogP contribution in [0.1, 0.15) is 0 Å². The fraction of sp³-hybridized carbons (Fsp3) is 0. The lowest BCUT2D eigenvalue weighted by Gasteiger charge is -1.93. The molecule has 0 saturated heterocycles. The highest BCUT2D eigenvalue weighted by Crippen LogP contribution is 2.19. The molecule has 0 saturated carbocycles. The zero-order chi connectivity index (χ0) is 12.4. The van der Waals surface area contributed by atoms with Gasteiger partial charge in [0.2, 0.25) is 5.82 Å². The fourth-order valence-electron chi connectivity index (χ4n) is 1.39. The molecule has 0 amide bonds. The largest absolute Gasteiger partial charge is 0.397 e. The van der Waals surface area contributed by atoms with Gasteiger partial charge in [-0.3, -0.25) is 0 Å². The average Bonchev–Trinajstić information content (AvgIpc) is 2.90. The van der Waals surface area contributed by atoms with Crippen LogP contribution in [0, 0.1) is 0 Å². The van der Waals surface area contributed by atoms with Crippen molar-refractivity contribution >= 4 is 5.69 Å². The van der Waals surface area contributed by atoms with Crippen LogP contribution in [0.15, 0.2) is 41.4 Å². The lowest BCUT2D eigenvalue weighted by molar-refractivity contribution is 0.431. The minimum atomic E-state index is 0.323. The highest BCUT2D eigenvalue weighted by molar-refractivity contribution is 5.55. The van der Waals surface area contributed by atoms with Crippen molar-refractivity contribution in [2.75, 3.05) is 5.73 Å². The van der Waals surface area contributed by atoms with E-state index >= 15 is 0 Å². The zero-order valence-electron chi connectivity index (χ0n) is 9.19. The van der Waals surface area contributed by atoms with Crippen molar-refractivity contribution in [3.05, 3.63) is 36.9 Å². The molecule has 0 atom stereocenters. The van der Waals surface area contributed by atoms with E-state index in [0.29, 0.717) is 28.8 Å². The molecule has 18 heavy (non-hydrogen) atoms. The second-order valence-electron chi connectivity index (χ2n) is 3.49. The van der Waals surface area contributed by atoms with E-state index in [1.54, 1.807) is 24.4 Å². The van der Waals surface area contributed by atoms with Crippen LogP contribution in [0.5, 0.6) is 0 Å². The molecule has 0 aromatic carbocycles. The topological polar surface area (TPSA) is 104 Å². The van der Waals surface area contributed by atoms with Crippen LogP contribution in [0.25, 0.3) is 23.1 Å². The van der Waals surface area contributed by atoms with Gasteiger partial charge in [-0.05, 0) is 18.2 Å². The van der Waals surface area contributed by atoms with Crippen molar-refractivity contribution in [3.63, 3.8) is 0 Å².